The molecular weight excluding hydrogens is 649 g/mol. The lowest BCUT2D eigenvalue weighted by molar-refractivity contribution is 0.122. The molecule has 0 spiro atoms. The number of aryl methyl sites for hydroxylation is 1. The van der Waals surface area contributed by atoms with Gasteiger partial charge in [-0.1, -0.05) is 29.8 Å². The molecule has 0 saturated carbocycles. The lowest BCUT2D eigenvalue weighted by atomic mass is 10.1. The highest BCUT2D eigenvalue weighted by molar-refractivity contribution is 7.90. The Kier molecular flexibility index (Phi) is 8.73. The average Bonchev–Trinajstić information content (AvgIpc) is 3.70. The number of fused-ring (bicyclic) bond motifs is 1. The Morgan fingerprint density at radius 1 is 0.878 bits per heavy atom. The van der Waals surface area contributed by atoms with Crippen molar-refractivity contribution < 1.29 is 22.3 Å². The molecule has 0 bridgehead atoms. The second-order valence-electron chi connectivity index (χ2n) is 12.5. The predicted octanol–water partition coefficient (Wildman–Crippen LogP) is 5.34. The zero-order valence-corrected chi connectivity index (χ0v) is 27.9. The molecule has 252 valence electrons. The van der Waals surface area contributed by atoms with Gasteiger partial charge in [-0.25, -0.2) is 31.1 Å². The van der Waals surface area contributed by atoms with E-state index in [0.29, 0.717) is 66.9 Å². The van der Waals surface area contributed by atoms with Gasteiger partial charge >= 0.3 is 0 Å². The summed E-state index contributed by atoms with van der Waals surface area (Å²) in [4.78, 5) is 13.2. The van der Waals surface area contributed by atoms with Crippen molar-refractivity contribution in [1.82, 2.24) is 28.6 Å². The van der Waals surface area contributed by atoms with Crippen molar-refractivity contribution in [3.05, 3.63) is 114 Å². The Balaban J connectivity index is 1.26. The molecule has 1 saturated heterocycles. The number of hydrogen-bond acceptors (Lipinski definition) is 8. The first-order valence-corrected chi connectivity index (χ1v) is 17.4. The van der Waals surface area contributed by atoms with Gasteiger partial charge in [0.2, 0.25) is 0 Å². The standard InChI is InChI=1S/C36H35F2N7O3S/c1-24-6-8-31(9-7-24)49(47,48)45-23-33(29-19-41-44(22-29)21-26-4-3-5-30(37)14-26)32-15-27(17-39-35(32)45)28-16-34(38)36(40-18-28)43-12-10-42(11-13-43)20-25(2)46/h3-9,14-19,22-23,25,46H,10-13,20-21H2,1-2H3/t25-/m0/s1. The highest BCUT2D eigenvalue weighted by Crippen LogP contribution is 2.35. The van der Waals surface area contributed by atoms with Crippen molar-refractivity contribution in [1.29, 1.82) is 0 Å². The molecule has 1 atom stereocenters. The first-order valence-electron chi connectivity index (χ1n) is 16.0. The van der Waals surface area contributed by atoms with Crippen molar-refractivity contribution in [3.8, 4) is 22.3 Å². The predicted molar refractivity (Wildman–Crippen MR) is 184 cm³/mol. The zero-order valence-electron chi connectivity index (χ0n) is 27.0. The molecule has 6 aromatic rings. The van der Waals surface area contributed by atoms with Crippen LogP contribution in [0.2, 0.25) is 0 Å². The number of hydrogen-bond donors (Lipinski definition) is 1. The van der Waals surface area contributed by atoms with Crippen LogP contribution in [0.25, 0.3) is 33.3 Å². The van der Waals surface area contributed by atoms with Crippen molar-refractivity contribution in [2.45, 2.75) is 31.4 Å². The van der Waals surface area contributed by atoms with Gasteiger partial charge in [-0.15, -0.1) is 0 Å². The molecule has 1 aliphatic heterocycles. The van der Waals surface area contributed by atoms with E-state index in [1.54, 1.807) is 72.7 Å². The molecule has 5 heterocycles. The van der Waals surface area contributed by atoms with Crippen LogP contribution in [-0.4, -0.2) is 81.0 Å². The Morgan fingerprint density at radius 2 is 1.61 bits per heavy atom. The van der Waals surface area contributed by atoms with Crippen LogP contribution in [0.3, 0.4) is 0 Å². The zero-order chi connectivity index (χ0) is 34.3. The van der Waals surface area contributed by atoms with Crippen LogP contribution in [0.4, 0.5) is 14.6 Å². The molecule has 1 N–H and O–H groups in total. The minimum atomic E-state index is -4.04. The molecule has 49 heavy (non-hydrogen) atoms. The van der Waals surface area contributed by atoms with Crippen molar-refractivity contribution in [2.24, 2.45) is 0 Å². The second-order valence-corrected chi connectivity index (χ2v) is 14.3. The summed E-state index contributed by atoms with van der Waals surface area (Å²) < 4.78 is 60.1. The van der Waals surface area contributed by atoms with Crippen LogP contribution in [0, 0.1) is 18.6 Å². The van der Waals surface area contributed by atoms with E-state index in [2.05, 4.69) is 20.0 Å². The minimum Gasteiger partial charge on any atom is -0.392 e. The summed E-state index contributed by atoms with van der Waals surface area (Å²) in [6, 6.07) is 16.1. The van der Waals surface area contributed by atoms with E-state index in [1.165, 1.54) is 30.6 Å². The molecule has 0 radical (unpaired) electrons. The van der Waals surface area contributed by atoms with E-state index in [-0.39, 0.29) is 22.2 Å². The molecule has 1 fully saturated rings. The van der Waals surface area contributed by atoms with Crippen molar-refractivity contribution in [3.63, 3.8) is 0 Å². The Labute approximate surface area is 282 Å². The van der Waals surface area contributed by atoms with Gasteiger partial charge in [-0.05, 0) is 55.8 Å². The largest absolute Gasteiger partial charge is 0.392 e. The molecule has 13 heteroatoms. The van der Waals surface area contributed by atoms with Crippen LogP contribution in [0.1, 0.15) is 18.1 Å². The fraction of sp³-hybridized carbons (Fsp3) is 0.250. The number of aliphatic hydroxyl groups is 1. The quantitative estimate of drug-likeness (QED) is 0.218. The maximum Gasteiger partial charge on any atom is 0.269 e. The lowest BCUT2D eigenvalue weighted by Crippen LogP contribution is -2.48. The maximum atomic E-state index is 15.6. The number of rotatable bonds is 9. The first kappa shape index (κ1) is 32.6. The van der Waals surface area contributed by atoms with E-state index in [4.69, 9.17) is 0 Å². The van der Waals surface area contributed by atoms with E-state index in [9.17, 15) is 17.9 Å². The van der Waals surface area contributed by atoms with E-state index in [0.717, 1.165) is 15.1 Å². The van der Waals surface area contributed by atoms with Crippen LogP contribution in [-0.2, 0) is 16.6 Å². The summed E-state index contributed by atoms with van der Waals surface area (Å²) in [5.41, 5.74) is 4.10. The van der Waals surface area contributed by atoms with Gasteiger partial charge in [-0.3, -0.25) is 9.58 Å². The van der Waals surface area contributed by atoms with Crippen molar-refractivity contribution in [2.75, 3.05) is 37.6 Å². The third kappa shape index (κ3) is 6.69. The Bertz CT molecular complexity index is 2240. The van der Waals surface area contributed by atoms with Crippen LogP contribution < -0.4 is 4.90 Å². The number of β-amino-alcohol motifs (C(OH)–C–C–N with tert-alkyl or cyclic N) is 1. The number of piperazine rings is 1. The smallest absolute Gasteiger partial charge is 0.269 e. The van der Waals surface area contributed by atoms with Crippen LogP contribution in [0.15, 0.2) is 96.5 Å². The SMILES string of the molecule is Cc1ccc(S(=O)(=O)n2cc(-c3cnn(Cc4cccc(F)c4)c3)c3cc(-c4cnc(N5CCN(C[C@H](C)O)CC5)c(F)c4)cnc32)cc1. The molecule has 7 rings (SSSR count). The summed E-state index contributed by atoms with van der Waals surface area (Å²) in [6.45, 7) is 7.08. The summed E-state index contributed by atoms with van der Waals surface area (Å²) in [5, 5.41) is 14.7. The summed E-state index contributed by atoms with van der Waals surface area (Å²) in [6.07, 6.45) is 7.61. The molecule has 0 aliphatic carbocycles. The third-order valence-corrected chi connectivity index (χ3v) is 10.4. The molecule has 2 aromatic carbocycles. The average molecular weight is 684 g/mol. The van der Waals surface area contributed by atoms with Gasteiger partial charge in [0.05, 0.1) is 23.7 Å². The topological polar surface area (TPSA) is 109 Å². The van der Waals surface area contributed by atoms with E-state index >= 15 is 4.39 Å². The minimum absolute atomic E-state index is 0.114. The highest BCUT2D eigenvalue weighted by Gasteiger charge is 2.25. The maximum absolute atomic E-state index is 15.6. The summed E-state index contributed by atoms with van der Waals surface area (Å²) in [7, 11) is -4.04. The highest BCUT2D eigenvalue weighted by atomic mass is 32.2. The monoisotopic (exact) mass is 683 g/mol. The van der Waals surface area contributed by atoms with Gasteiger partial charge in [0.1, 0.15) is 5.82 Å². The van der Waals surface area contributed by atoms with E-state index in [1.807, 2.05) is 11.8 Å². The molecule has 1 aliphatic rings. The van der Waals surface area contributed by atoms with E-state index < -0.39 is 21.9 Å². The Morgan fingerprint density at radius 3 is 2.33 bits per heavy atom. The number of anilines is 1. The number of aromatic nitrogens is 5. The Hall–Kier alpha value is -4.98. The molecular formula is C36H35F2N7O3S. The fourth-order valence-corrected chi connectivity index (χ4v) is 7.55. The third-order valence-electron chi connectivity index (χ3n) is 8.72. The van der Waals surface area contributed by atoms with Gasteiger partial charge < -0.3 is 10.0 Å². The molecule has 10 nitrogen and oxygen atoms in total. The van der Waals surface area contributed by atoms with Crippen LogP contribution in [0.5, 0.6) is 0 Å². The van der Waals surface area contributed by atoms with Crippen LogP contribution >= 0.6 is 0 Å². The summed E-state index contributed by atoms with van der Waals surface area (Å²) in [5.74, 6) is -0.557. The second kappa shape index (κ2) is 13.1. The number of nitrogens with zero attached hydrogens (tertiary/aromatic N) is 7. The van der Waals surface area contributed by atoms with Crippen molar-refractivity contribution >= 4 is 26.9 Å². The number of pyridine rings is 2. The molecule has 0 amide bonds. The fourth-order valence-electron chi connectivity index (χ4n) is 6.22. The molecule has 0 unspecified atom stereocenters. The number of benzene rings is 2. The van der Waals surface area contributed by atoms with Gasteiger partial charge in [-0.2, -0.15) is 5.10 Å². The molecule has 4 aromatic heterocycles. The van der Waals surface area contributed by atoms with Gasteiger partial charge in [0.25, 0.3) is 10.0 Å². The number of aliphatic hydroxyl groups excluding tert-OH is 1. The van der Waals surface area contributed by atoms with Gasteiger partial charge in [0.15, 0.2) is 17.3 Å². The first-order chi connectivity index (χ1) is 23.5. The lowest BCUT2D eigenvalue weighted by Gasteiger charge is -2.36. The normalized spacial score (nSPS) is 14.8. The summed E-state index contributed by atoms with van der Waals surface area (Å²) >= 11 is 0. The number of halogens is 2. The van der Waals surface area contributed by atoms with Gasteiger partial charge in [0, 0.05) is 85.2 Å².